The summed E-state index contributed by atoms with van der Waals surface area (Å²) in [6, 6.07) is 8.09. The van der Waals surface area contributed by atoms with Crippen molar-refractivity contribution in [1.29, 1.82) is 0 Å². The third kappa shape index (κ3) is 3.32. The van der Waals surface area contributed by atoms with Crippen molar-refractivity contribution in [3.05, 3.63) is 52.8 Å². The average molecular weight is 371 g/mol. The molecular formula is C20H18FNO5. The maximum atomic E-state index is 14.0. The van der Waals surface area contributed by atoms with Gasteiger partial charge in [-0.2, -0.15) is 0 Å². The topological polar surface area (TPSA) is 73.9 Å². The first-order valence-corrected chi connectivity index (χ1v) is 8.66. The van der Waals surface area contributed by atoms with Crippen molar-refractivity contribution in [1.82, 2.24) is 5.32 Å². The fourth-order valence-corrected chi connectivity index (χ4v) is 3.39. The first kappa shape index (κ1) is 17.3. The number of nitrogens with one attached hydrogen (secondary N) is 1. The zero-order valence-electron chi connectivity index (χ0n) is 14.7. The Morgan fingerprint density at radius 2 is 2.07 bits per heavy atom. The minimum absolute atomic E-state index is 0.159. The molecule has 2 aromatic rings. The van der Waals surface area contributed by atoms with E-state index in [0.29, 0.717) is 23.6 Å². The average Bonchev–Trinajstić information content (AvgIpc) is 3.23. The standard InChI is InChI=1S/C20H18FNO5/c1-11-6-14(23)20-16(5-3-13(21)19(11)20)25-9-18(24)22-8-12-2-4-15-17(7-12)27-10-26-15/h2-5,7,11H,6,8-10H2,1H3,(H,22,24)/t11-/m1/s1. The number of hydrogen-bond donors (Lipinski definition) is 1. The van der Waals surface area contributed by atoms with Gasteiger partial charge in [0.1, 0.15) is 11.6 Å². The molecule has 1 amide bonds. The van der Waals surface area contributed by atoms with Gasteiger partial charge in [0.2, 0.25) is 6.79 Å². The highest BCUT2D eigenvalue weighted by Crippen LogP contribution is 2.39. The van der Waals surface area contributed by atoms with Crippen LogP contribution in [0.15, 0.2) is 30.3 Å². The Kier molecular flexibility index (Phi) is 4.43. The molecule has 1 heterocycles. The summed E-state index contributed by atoms with van der Waals surface area (Å²) in [6.45, 7) is 2.04. The van der Waals surface area contributed by atoms with Gasteiger partial charge in [-0.3, -0.25) is 9.59 Å². The van der Waals surface area contributed by atoms with Gasteiger partial charge in [-0.25, -0.2) is 4.39 Å². The molecule has 2 aliphatic rings. The summed E-state index contributed by atoms with van der Waals surface area (Å²) in [6.07, 6.45) is 0.253. The summed E-state index contributed by atoms with van der Waals surface area (Å²) in [5.74, 6) is 0.472. The second-order valence-electron chi connectivity index (χ2n) is 6.62. The van der Waals surface area contributed by atoms with E-state index < -0.39 is 5.82 Å². The molecule has 7 heteroatoms. The van der Waals surface area contributed by atoms with Gasteiger partial charge < -0.3 is 19.5 Å². The van der Waals surface area contributed by atoms with Crippen molar-refractivity contribution in [2.75, 3.05) is 13.4 Å². The molecule has 0 bridgehead atoms. The van der Waals surface area contributed by atoms with E-state index in [2.05, 4.69) is 5.32 Å². The Morgan fingerprint density at radius 3 is 2.93 bits per heavy atom. The van der Waals surface area contributed by atoms with E-state index >= 15 is 0 Å². The highest BCUT2D eigenvalue weighted by Gasteiger charge is 2.32. The largest absolute Gasteiger partial charge is 0.483 e. The van der Waals surface area contributed by atoms with E-state index in [1.165, 1.54) is 12.1 Å². The van der Waals surface area contributed by atoms with Crippen molar-refractivity contribution in [3.63, 3.8) is 0 Å². The van der Waals surface area contributed by atoms with Crippen LogP contribution < -0.4 is 19.5 Å². The van der Waals surface area contributed by atoms with E-state index in [-0.39, 0.29) is 48.7 Å². The second-order valence-corrected chi connectivity index (χ2v) is 6.62. The molecule has 140 valence electrons. The molecule has 0 aromatic heterocycles. The van der Waals surface area contributed by atoms with Crippen LogP contribution in [0.1, 0.15) is 40.7 Å². The molecule has 0 unspecified atom stereocenters. The fraction of sp³-hybridized carbons (Fsp3) is 0.300. The molecule has 1 aliphatic carbocycles. The predicted molar refractivity (Wildman–Crippen MR) is 93.7 cm³/mol. The van der Waals surface area contributed by atoms with Crippen molar-refractivity contribution >= 4 is 11.7 Å². The Balaban J connectivity index is 1.37. The lowest BCUT2D eigenvalue weighted by Crippen LogP contribution is -2.28. The van der Waals surface area contributed by atoms with Crippen LogP contribution in [0.2, 0.25) is 0 Å². The summed E-state index contributed by atoms with van der Waals surface area (Å²) in [5.41, 5.74) is 1.49. The molecule has 0 saturated heterocycles. The van der Waals surface area contributed by atoms with E-state index in [0.717, 1.165) is 5.56 Å². The molecule has 0 saturated carbocycles. The second kappa shape index (κ2) is 6.90. The Labute approximate surface area is 155 Å². The van der Waals surface area contributed by atoms with Crippen LogP contribution in [0, 0.1) is 5.82 Å². The molecule has 1 atom stereocenters. The smallest absolute Gasteiger partial charge is 0.258 e. The number of amides is 1. The maximum absolute atomic E-state index is 14.0. The van der Waals surface area contributed by atoms with Gasteiger partial charge in [-0.15, -0.1) is 0 Å². The molecule has 27 heavy (non-hydrogen) atoms. The van der Waals surface area contributed by atoms with Gasteiger partial charge in [0.05, 0.1) is 5.56 Å². The number of ketones is 1. The van der Waals surface area contributed by atoms with Crippen LogP contribution in [-0.2, 0) is 11.3 Å². The highest BCUT2D eigenvalue weighted by molar-refractivity contribution is 6.03. The molecule has 0 fully saturated rings. The SMILES string of the molecule is C[C@@H]1CC(=O)c2c(OCC(=O)NCc3ccc4c(c3)OCO4)ccc(F)c21. The van der Waals surface area contributed by atoms with Gasteiger partial charge in [0.15, 0.2) is 23.9 Å². The molecular weight excluding hydrogens is 353 g/mol. The first-order valence-electron chi connectivity index (χ1n) is 8.66. The minimum Gasteiger partial charge on any atom is -0.483 e. The number of Topliss-reactive ketones (excluding diaryl/α,β-unsaturated/α-hetero) is 1. The number of benzene rings is 2. The lowest BCUT2D eigenvalue weighted by Gasteiger charge is -2.12. The number of halogens is 1. The van der Waals surface area contributed by atoms with Gasteiger partial charge in [-0.1, -0.05) is 13.0 Å². The molecule has 0 spiro atoms. The summed E-state index contributed by atoms with van der Waals surface area (Å²) < 4.78 is 30.0. The third-order valence-corrected chi connectivity index (χ3v) is 4.70. The van der Waals surface area contributed by atoms with Crippen molar-refractivity contribution in [2.24, 2.45) is 0 Å². The van der Waals surface area contributed by atoms with Gasteiger partial charge in [0.25, 0.3) is 5.91 Å². The monoisotopic (exact) mass is 371 g/mol. The van der Waals surface area contributed by atoms with Crippen molar-refractivity contribution in [3.8, 4) is 17.2 Å². The van der Waals surface area contributed by atoms with Gasteiger partial charge in [0, 0.05) is 18.5 Å². The fourth-order valence-electron chi connectivity index (χ4n) is 3.39. The first-order chi connectivity index (χ1) is 13.0. The van der Waals surface area contributed by atoms with Crippen LogP contribution in [0.4, 0.5) is 4.39 Å². The number of rotatable bonds is 5. The quantitative estimate of drug-likeness (QED) is 0.875. The van der Waals surface area contributed by atoms with E-state index in [1.54, 1.807) is 19.1 Å². The van der Waals surface area contributed by atoms with Crippen LogP contribution in [0.5, 0.6) is 17.2 Å². The predicted octanol–water partition coefficient (Wildman–Crippen LogP) is 2.94. The number of fused-ring (bicyclic) bond motifs is 2. The number of ether oxygens (including phenoxy) is 3. The zero-order valence-corrected chi connectivity index (χ0v) is 14.7. The Hall–Kier alpha value is -3.09. The van der Waals surface area contributed by atoms with Crippen LogP contribution in [0.3, 0.4) is 0 Å². The highest BCUT2D eigenvalue weighted by atomic mass is 19.1. The van der Waals surface area contributed by atoms with Crippen LogP contribution in [-0.4, -0.2) is 25.1 Å². The number of carbonyl (C=O) groups excluding carboxylic acids is 2. The van der Waals surface area contributed by atoms with Gasteiger partial charge in [-0.05, 0) is 35.7 Å². The summed E-state index contributed by atoms with van der Waals surface area (Å²) in [5, 5.41) is 2.74. The van der Waals surface area contributed by atoms with Crippen LogP contribution in [0.25, 0.3) is 0 Å². The lowest BCUT2D eigenvalue weighted by molar-refractivity contribution is -0.123. The molecule has 2 aromatic carbocycles. The van der Waals surface area contributed by atoms with E-state index in [4.69, 9.17) is 14.2 Å². The normalized spacial score (nSPS) is 17.0. The summed E-state index contributed by atoms with van der Waals surface area (Å²) >= 11 is 0. The lowest BCUT2D eigenvalue weighted by atomic mass is 10.0. The molecule has 1 N–H and O–H groups in total. The van der Waals surface area contributed by atoms with E-state index in [9.17, 15) is 14.0 Å². The van der Waals surface area contributed by atoms with Crippen LogP contribution >= 0.6 is 0 Å². The summed E-state index contributed by atoms with van der Waals surface area (Å²) in [4.78, 5) is 24.2. The molecule has 0 radical (unpaired) electrons. The zero-order chi connectivity index (χ0) is 19.0. The van der Waals surface area contributed by atoms with Crippen molar-refractivity contribution < 1.29 is 28.2 Å². The minimum atomic E-state index is -0.414. The number of hydrogen-bond acceptors (Lipinski definition) is 5. The number of carbonyl (C=O) groups is 2. The van der Waals surface area contributed by atoms with Crippen molar-refractivity contribution in [2.45, 2.75) is 25.8 Å². The molecule has 6 nitrogen and oxygen atoms in total. The maximum Gasteiger partial charge on any atom is 0.258 e. The van der Waals surface area contributed by atoms with E-state index in [1.807, 2.05) is 6.07 Å². The summed E-state index contributed by atoms with van der Waals surface area (Å²) in [7, 11) is 0. The Bertz CT molecular complexity index is 927. The third-order valence-electron chi connectivity index (χ3n) is 4.70. The molecule has 4 rings (SSSR count). The Morgan fingerprint density at radius 1 is 1.26 bits per heavy atom. The van der Waals surface area contributed by atoms with Gasteiger partial charge >= 0.3 is 0 Å². The molecule has 1 aliphatic heterocycles.